The van der Waals surface area contributed by atoms with Gasteiger partial charge in [0.15, 0.2) is 6.29 Å². The zero-order valence-corrected chi connectivity index (χ0v) is 7.73. The standard InChI is InChI=1S/C8H15NO4/c1-4-3-6(9-5(2)10)7(11)8(12)13-4/h4,6-8,11-12H,3H2,1-2H3,(H,9,10). The number of nitrogens with one attached hydrogen (secondary N) is 1. The highest BCUT2D eigenvalue weighted by molar-refractivity contribution is 5.73. The Morgan fingerprint density at radius 2 is 2.15 bits per heavy atom. The van der Waals surface area contributed by atoms with Crippen LogP contribution >= 0.6 is 0 Å². The van der Waals surface area contributed by atoms with Gasteiger partial charge in [0, 0.05) is 6.92 Å². The molecule has 4 unspecified atom stereocenters. The summed E-state index contributed by atoms with van der Waals surface area (Å²) in [5.74, 6) is -0.217. The van der Waals surface area contributed by atoms with Crippen LogP contribution in [0.5, 0.6) is 0 Å². The Bertz CT molecular complexity index is 197. The Balaban J connectivity index is 2.55. The van der Waals surface area contributed by atoms with E-state index < -0.39 is 18.4 Å². The van der Waals surface area contributed by atoms with Crippen LogP contribution in [-0.4, -0.2) is 40.7 Å². The van der Waals surface area contributed by atoms with Gasteiger partial charge in [0.2, 0.25) is 5.91 Å². The normalized spacial score (nSPS) is 40.0. The zero-order chi connectivity index (χ0) is 10.0. The van der Waals surface area contributed by atoms with Crippen LogP contribution in [0.2, 0.25) is 0 Å². The molecule has 3 N–H and O–H groups in total. The summed E-state index contributed by atoms with van der Waals surface area (Å²) in [6.07, 6.45) is -1.89. The summed E-state index contributed by atoms with van der Waals surface area (Å²) < 4.78 is 4.96. The van der Waals surface area contributed by atoms with E-state index in [1.807, 2.05) is 0 Å². The van der Waals surface area contributed by atoms with Crippen molar-refractivity contribution in [1.82, 2.24) is 5.32 Å². The van der Waals surface area contributed by atoms with Gasteiger partial charge in [0.1, 0.15) is 6.10 Å². The van der Waals surface area contributed by atoms with Gasteiger partial charge in [-0.1, -0.05) is 0 Å². The average molecular weight is 189 g/mol. The van der Waals surface area contributed by atoms with Crippen molar-refractivity contribution in [2.75, 3.05) is 0 Å². The van der Waals surface area contributed by atoms with E-state index in [1.54, 1.807) is 6.92 Å². The van der Waals surface area contributed by atoms with Crippen LogP contribution in [-0.2, 0) is 9.53 Å². The first-order valence-corrected chi connectivity index (χ1v) is 4.29. The van der Waals surface area contributed by atoms with Gasteiger partial charge in [0.05, 0.1) is 12.1 Å². The number of carbonyl (C=O) groups is 1. The Morgan fingerprint density at radius 1 is 1.54 bits per heavy atom. The Morgan fingerprint density at radius 3 is 2.69 bits per heavy atom. The summed E-state index contributed by atoms with van der Waals surface area (Å²) in [5.41, 5.74) is 0. The van der Waals surface area contributed by atoms with Gasteiger partial charge in [-0.15, -0.1) is 0 Å². The molecule has 4 atom stereocenters. The molecule has 5 nitrogen and oxygen atoms in total. The largest absolute Gasteiger partial charge is 0.386 e. The first kappa shape index (κ1) is 10.4. The van der Waals surface area contributed by atoms with E-state index in [0.29, 0.717) is 6.42 Å². The van der Waals surface area contributed by atoms with Gasteiger partial charge in [-0.25, -0.2) is 0 Å². The minimum atomic E-state index is -1.21. The summed E-state index contributed by atoms with van der Waals surface area (Å²) in [4.78, 5) is 10.7. The third-order valence-electron chi connectivity index (χ3n) is 2.05. The lowest BCUT2D eigenvalue weighted by Crippen LogP contribution is -2.54. The molecule has 1 fully saturated rings. The van der Waals surface area contributed by atoms with Crippen molar-refractivity contribution in [3.05, 3.63) is 0 Å². The monoisotopic (exact) mass is 189 g/mol. The lowest BCUT2D eigenvalue weighted by molar-refractivity contribution is -0.220. The maximum atomic E-state index is 10.7. The number of hydrogen-bond acceptors (Lipinski definition) is 4. The molecule has 0 aliphatic carbocycles. The fourth-order valence-corrected chi connectivity index (χ4v) is 1.48. The maximum Gasteiger partial charge on any atom is 0.217 e. The summed E-state index contributed by atoms with van der Waals surface area (Å²) in [7, 11) is 0. The molecule has 1 aliphatic rings. The van der Waals surface area contributed by atoms with Crippen LogP contribution in [0.3, 0.4) is 0 Å². The third kappa shape index (κ3) is 2.65. The third-order valence-corrected chi connectivity index (χ3v) is 2.05. The second kappa shape index (κ2) is 4.04. The van der Waals surface area contributed by atoms with E-state index in [0.717, 1.165) is 0 Å². The fourth-order valence-electron chi connectivity index (χ4n) is 1.48. The minimum Gasteiger partial charge on any atom is -0.386 e. The van der Waals surface area contributed by atoms with E-state index >= 15 is 0 Å². The molecule has 0 aromatic carbocycles. The van der Waals surface area contributed by atoms with Crippen LogP contribution in [0.25, 0.3) is 0 Å². The Hall–Kier alpha value is -0.650. The molecule has 0 aromatic rings. The highest BCUT2D eigenvalue weighted by Crippen LogP contribution is 2.18. The summed E-state index contributed by atoms with van der Waals surface area (Å²) >= 11 is 0. The number of aliphatic hydroxyl groups excluding tert-OH is 2. The van der Waals surface area contributed by atoms with Gasteiger partial charge in [-0.05, 0) is 13.3 Å². The zero-order valence-electron chi connectivity index (χ0n) is 7.73. The van der Waals surface area contributed by atoms with Crippen LogP contribution in [0, 0.1) is 0 Å². The molecule has 1 rings (SSSR count). The lowest BCUT2D eigenvalue weighted by Gasteiger charge is -2.35. The quantitative estimate of drug-likeness (QED) is 0.493. The molecule has 1 heterocycles. The van der Waals surface area contributed by atoms with Crippen molar-refractivity contribution < 1.29 is 19.7 Å². The Labute approximate surface area is 76.7 Å². The van der Waals surface area contributed by atoms with Crippen molar-refractivity contribution >= 4 is 5.91 Å². The number of carbonyl (C=O) groups excluding carboxylic acids is 1. The van der Waals surface area contributed by atoms with E-state index in [-0.39, 0.29) is 12.0 Å². The number of amides is 1. The van der Waals surface area contributed by atoms with Gasteiger partial charge < -0.3 is 20.3 Å². The molecule has 0 aromatic heterocycles. The molecule has 0 bridgehead atoms. The molecule has 1 amide bonds. The van der Waals surface area contributed by atoms with E-state index in [9.17, 15) is 15.0 Å². The molecule has 0 radical (unpaired) electrons. The molecule has 1 aliphatic heterocycles. The van der Waals surface area contributed by atoms with Crippen LogP contribution in [0.4, 0.5) is 0 Å². The molecular weight excluding hydrogens is 174 g/mol. The highest BCUT2D eigenvalue weighted by atomic mass is 16.6. The predicted molar refractivity (Wildman–Crippen MR) is 44.8 cm³/mol. The first-order valence-electron chi connectivity index (χ1n) is 4.29. The average Bonchev–Trinajstić information content (AvgIpc) is 1.98. The number of aliphatic hydroxyl groups is 2. The van der Waals surface area contributed by atoms with Crippen molar-refractivity contribution in [3.8, 4) is 0 Å². The fraction of sp³-hybridized carbons (Fsp3) is 0.875. The van der Waals surface area contributed by atoms with Gasteiger partial charge in [0.25, 0.3) is 0 Å². The van der Waals surface area contributed by atoms with E-state index in [2.05, 4.69) is 5.32 Å². The smallest absolute Gasteiger partial charge is 0.217 e. The topological polar surface area (TPSA) is 78.8 Å². The summed E-state index contributed by atoms with van der Waals surface area (Å²) in [6, 6.07) is -0.420. The highest BCUT2D eigenvalue weighted by Gasteiger charge is 2.35. The number of hydrogen-bond donors (Lipinski definition) is 3. The molecular formula is C8H15NO4. The van der Waals surface area contributed by atoms with Crippen LogP contribution in [0.15, 0.2) is 0 Å². The number of ether oxygens (including phenoxy) is 1. The molecule has 1 saturated heterocycles. The van der Waals surface area contributed by atoms with Crippen molar-refractivity contribution in [2.45, 2.75) is 44.8 Å². The summed E-state index contributed by atoms with van der Waals surface area (Å²) in [6.45, 7) is 3.16. The maximum absolute atomic E-state index is 10.7. The van der Waals surface area contributed by atoms with Crippen molar-refractivity contribution in [1.29, 1.82) is 0 Å². The summed E-state index contributed by atoms with van der Waals surface area (Å²) in [5, 5.41) is 21.2. The number of rotatable bonds is 1. The predicted octanol–water partition coefficient (Wildman–Crippen LogP) is -1.02. The van der Waals surface area contributed by atoms with E-state index in [4.69, 9.17) is 4.74 Å². The SMILES string of the molecule is CC(=O)NC1CC(C)OC(O)C1O. The first-order chi connectivity index (χ1) is 6.00. The second-order valence-electron chi connectivity index (χ2n) is 3.37. The lowest BCUT2D eigenvalue weighted by atomic mass is 10.0. The van der Waals surface area contributed by atoms with Gasteiger partial charge in [-0.3, -0.25) is 4.79 Å². The van der Waals surface area contributed by atoms with Crippen molar-refractivity contribution in [3.63, 3.8) is 0 Å². The minimum absolute atomic E-state index is 0.157. The van der Waals surface area contributed by atoms with Crippen LogP contribution in [0.1, 0.15) is 20.3 Å². The molecule has 5 heteroatoms. The Kier molecular flexibility index (Phi) is 3.24. The van der Waals surface area contributed by atoms with Gasteiger partial charge >= 0.3 is 0 Å². The van der Waals surface area contributed by atoms with Gasteiger partial charge in [-0.2, -0.15) is 0 Å². The van der Waals surface area contributed by atoms with E-state index in [1.165, 1.54) is 6.92 Å². The molecule has 0 spiro atoms. The molecule has 0 saturated carbocycles. The molecule has 13 heavy (non-hydrogen) atoms. The molecule has 76 valence electrons. The second-order valence-corrected chi connectivity index (χ2v) is 3.37. The van der Waals surface area contributed by atoms with Crippen molar-refractivity contribution in [2.24, 2.45) is 0 Å². The van der Waals surface area contributed by atoms with Crippen LogP contribution < -0.4 is 5.32 Å².